The fourth-order valence-corrected chi connectivity index (χ4v) is 3.16. The monoisotopic (exact) mass is 285 g/mol. The standard InChI is InChI=1S/C16H23N5/c1-2-11-7-9-12(10-8-11)18-15-13-5-3-4-6-14(13)19-16(20-15)21-17/h3-6,11-12H,2,7-10,17H2,1H3,(H2,18,19,20,21). The van der Waals surface area contributed by atoms with E-state index in [0.29, 0.717) is 12.0 Å². The van der Waals surface area contributed by atoms with Crippen LogP contribution < -0.4 is 16.6 Å². The topological polar surface area (TPSA) is 75.9 Å². The Hall–Kier alpha value is -1.88. The Bertz CT molecular complexity index is 605. The van der Waals surface area contributed by atoms with Crippen molar-refractivity contribution >= 4 is 22.7 Å². The molecule has 0 unspecified atom stereocenters. The van der Waals surface area contributed by atoms with E-state index in [9.17, 15) is 0 Å². The number of hydrogen-bond acceptors (Lipinski definition) is 5. The van der Waals surface area contributed by atoms with Crippen molar-refractivity contribution in [2.45, 2.75) is 45.1 Å². The second-order valence-electron chi connectivity index (χ2n) is 5.83. The summed E-state index contributed by atoms with van der Waals surface area (Å²) in [6, 6.07) is 8.52. The number of nitrogens with zero attached hydrogens (tertiary/aromatic N) is 2. The molecular weight excluding hydrogens is 262 g/mol. The van der Waals surface area contributed by atoms with Gasteiger partial charge >= 0.3 is 0 Å². The second kappa shape index (κ2) is 6.26. The molecule has 0 saturated heterocycles. The van der Waals surface area contributed by atoms with Gasteiger partial charge in [0.05, 0.1) is 5.52 Å². The summed E-state index contributed by atoms with van der Waals surface area (Å²) in [6.07, 6.45) is 6.33. The Kier molecular flexibility index (Phi) is 4.20. The second-order valence-corrected chi connectivity index (χ2v) is 5.83. The number of nitrogens with two attached hydrogens (primary N) is 1. The highest BCUT2D eigenvalue weighted by molar-refractivity contribution is 5.90. The zero-order valence-corrected chi connectivity index (χ0v) is 12.5. The number of benzene rings is 1. The van der Waals surface area contributed by atoms with Crippen LogP contribution in [0, 0.1) is 5.92 Å². The average Bonchev–Trinajstić information content (AvgIpc) is 2.55. The predicted octanol–water partition coefficient (Wildman–Crippen LogP) is 3.30. The van der Waals surface area contributed by atoms with E-state index in [1.54, 1.807) is 0 Å². The van der Waals surface area contributed by atoms with Gasteiger partial charge in [-0.1, -0.05) is 25.5 Å². The molecule has 112 valence electrons. The lowest BCUT2D eigenvalue weighted by Crippen LogP contribution is -2.26. The van der Waals surface area contributed by atoms with Gasteiger partial charge in [-0.3, -0.25) is 5.43 Å². The normalized spacial score (nSPS) is 22.2. The number of fused-ring (bicyclic) bond motifs is 1. The highest BCUT2D eigenvalue weighted by atomic mass is 15.3. The minimum atomic E-state index is 0.457. The number of rotatable bonds is 4. The van der Waals surface area contributed by atoms with Crippen molar-refractivity contribution in [1.82, 2.24) is 9.97 Å². The molecule has 0 radical (unpaired) electrons. The third-order valence-electron chi connectivity index (χ3n) is 4.50. The van der Waals surface area contributed by atoms with Crippen molar-refractivity contribution in [2.24, 2.45) is 11.8 Å². The molecule has 1 saturated carbocycles. The summed E-state index contributed by atoms with van der Waals surface area (Å²) in [6.45, 7) is 2.29. The lowest BCUT2D eigenvalue weighted by atomic mass is 9.84. The minimum absolute atomic E-state index is 0.457. The van der Waals surface area contributed by atoms with E-state index in [4.69, 9.17) is 5.84 Å². The SMILES string of the molecule is CCC1CCC(Nc2nc(NN)nc3ccccc23)CC1. The van der Waals surface area contributed by atoms with Gasteiger partial charge in [0.2, 0.25) is 5.95 Å². The molecule has 1 aromatic carbocycles. The Labute approximate surface area is 125 Å². The fourth-order valence-electron chi connectivity index (χ4n) is 3.16. The number of anilines is 2. The van der Waals surface area contributed by atoms with Gasteiger partial charge in [-0.25, -0.2) is 10.8 Å². The van der Waals surface area contributed by atoms with Crippen LogP contribution in [0.1, 0.15) is 39.0 Å². The molecule has 1 aliphatic carbocycles. The van der Waals surface area contributed by atoms with Gasteiger partial charge in [0.15, 0.2) is 0 Å². The van der Waals surface area contributed by atoms with E-state index in [-0.39, 0.29) is 0 Å². The summed E-state index contributed by atoms with van der Waals surface area (Å²) in [5.74, 6) is 7.71. The first kappa shape index (κ1) is 14.1. The lowest BCUT2D eigenvalue weighted by Gasteiger charge is -2.29. The highest BCUT2D eigenvalue weighted by Gasteiger charge is 2.21. The summed E-state index contributed by atoms with van der Waals surface area (Å²) < 4.78 is 0. The average molecular weight is 285 g/mol. The van der Waals surface area contributed by atoms with Crippen molar-refractivity contribution in [2.75, 3.05) is 10.7 Å². The minimum Gasteiger partial charge on any atom is -0.367 e. The summed E-state index contributed by atoms with van der Waals surface area (Å²) in [7, 11) is 0. The number of nitrogens with one attached hydrogen (secondary N) is 2. The van der Waals surface area contributed by atoms with E-state index < -0.39 is 0 Å². The van der Waals surface area contributed by atoms with E-state index >= 15 is 0 Å². The fraction of sp³-hybridized carbons (Fsp3) is 0.500. The number of hydrogen-bond donors (Lipinski definition) is 3. The Morgan fingerprint density at radius 3 is 2.62 bits per heavy atom. The molecule has 0 spiro atoms. The van der Waals surface area contributed by atoms with Crippen LogP contribution in [-0.4, -0.2) is 16.0 Å². The maximum Gasteiger partial charge on any atom is 0.239 e. The molecule has 21 heavy (non-hydrogen) atoms. The van der Waals surface area contributed by atoms with Gasteiger partial charge in [-0.05, 0) is 43.7 Å². The first-order chi connectivity index (χ1) is 10.3. The molecule has 4 N–H and O–H groups in total. The van der Waals surface area contributed by atoms with Gasteiger partial charge in [-0.2, -0.15) is 4.98 Å². The van der Waals surface area contributed by atoms with E-state index in [1.807, 2.05) is 18.2 Å². The van der Waals surface area contributed by atoms with Crippen molar-refractivity contribution in [3.63, 3.8) is 0 Å². The van der Waals surface area contributed by atoms with Crippen LogP contribution in [-0.2, 0) is 0 Å². The van der Waals surface area contributed by atoms with Gasteiger partial charge < -0.3 is 5.32 Å². The van der Waals surface area contributed by atoms with Gasteiger partial charge in [0, 0.05) is 11.4 Å². The molecule has 1 aliphatic rings. The Balaban J connectivity index is 1.83. The zero-order valence-electron chi connectivity index (χ0n) is 12.5. The third kappa shape index (κ3) is 3.08. The number of para-hydroxylation sites is 1. The molecule has 0 aliphatic heterocycles. The van der Waals surface area contributed by atoms with E-state index in [2.05, 4.69) is 33.7 Å². The van der Waals surface area contributed by atoms with Gasteiger partial charge in [0.25, 0.3) is 0 Å². The van der Waals surface area contributed by atoms with Crippen LogP contribution >= 0.6 is 0 Å². The van der Waals surface area contributed by atoms with E-state index in [1.165, 1.54) is 32.1 Å². The van der Waals surface area contributed by atoms with Crippen LogP contribution in [0.15, 0.2) is 24.3 Å². The third-order valence-corrected chi connectivity index (χ3v) is 4.50. The number of hydrazine groups is 1. The maximum absolute atomic E-state index is 5.48. The van der Waals surface area contributed by atoms with Gasteiger partial charge in [0.1, 0.15) is 5.82 Å². The lowest BCUT2D eigenvalue weighted by molar-refractivity contribution is 0.330. The van der Waals surface area contributed by atoms with Crippen molar-refractivity contribution < 1.29 is 0 Å². The Morgan fingerprint density at radius 1 is 1.14 bits per heavy atom. The summed E-state index contributed by atoms with van der Waals surface area (Å²) in [5.41, 5.74) is 3.46. The van der Waals surface area contributed by atoms with Crippen LogP contribution in [0.2, 0.25) is 0 Å². The molecule has 0 atom stereocenters. The first-order valence-electron chi connectivity index (χ1n) is 7.80. The highest BCUT2D eigenvalue weighted by Crippen LogP contribution is 2.30. The van der Waals surface area contributed by atoms with Crippen molar-refractivity contribution in [3.05, 3.63) is 24.3 Å². The van der Waals surface area contributed by atoms with Gasteiger partial charge in [-0.15, -0.1) is 0 Å². The maximum atomic E-state index is 5.48. The molecular formula is C16H23N5. The molecule has 5 heteroatoms. The first-order valence-corrected chi connectivity index (χ1v) is 7.80. The molecule has 1 aromatic heterocycles. The zero-order chi connectivity index (χ0) is 14.7. The van der Waals surface area contributed by atoms with Crippen LogP contribution in [0.3, 0.4) is 0 Å². The van der Waals surface area contributed by atoms with E-state index in [0.717, 1.165) is 22.6 Å². The van der Waals surface area contributed by atoms with Crippen molar-refractivity contribution in [1.29, 1.82) is 0 Å². The molecule has 3 rings (SSSR count). The summed E-state index contributed by atoms with van der Waals surface area (Å²) >= 11 is 0. The smallest absolute Gasteiger partial charge is 0.239 e. The molecule has 0 bridgehead atoms. The molecule has 5 nitrogen and oxygen atoms in total. The quantitative estimate of drug-likeness (QED) is 0.593. The summed E-state index contributed by atoms with van der Waals surface area (Å²) in [4.78, 5) is 8.88. The largest absolute Gasteiger partial charge is 0.367 e. The van der Waals surface area contributed by atoms with Crippen LogP contribution in [0.4, 0.5) is 11.8 Å². The molecule has 1 heterocycles. The number of nitrogen functional groups attached to an aromatic ring is 1. The molecule has 2 aromatic rings. The van der Waals surface area contributed by atoms with Crippen molar-refractivity contribution in [3.8, 4) is 0 Å². The van der Waals surface area contributed by atoms with Crippen LogP contribution in [0.25, 0.3) is 10.9 Å². The number of aromatic nitrogens is 2. The molecule has 1 fully saturated rings. The van der Waals surface area contributed by atoms with Crippen LogP contribution in [0.5, 0.6) is 0 Å². The molecule has 0 amide bonds. The summed E-state index contributed by atoms with van der Waals surface area (Å²) in [5, 5.41) is 4.65. The Morgan fingerprint density at radius 2 is 1.90 bits per heavy atom. The predicted molar refractivity (Wildman–Crippen MR) is 87.0 cm³/mol.